The third kappa shape index (κ3) is 2.41. The maximum absolute atomic E-state index is 6.24. The minimum Gasteiger partial charge on any atom is -0.355 e. The zero-order chi connectivity index (χ0) is 15.1. The van der Waals surface area contributed by atoms with E-state index in [9.17, 15) is 0 Å². The first-order chi connectivity index (χ1) is 10.7. The largest absolute Gasteiger partial charge is 0.355 e. The van der Waals surface area contributed by atoms with E-state index < -0.39 is 0 Å². The highest BCUT2D eigenvalue weighted by molar-refractivity contribution is 6.29. The molecule has 1 saturated carbocycles. The van der Waals surface area contributed by atoms with E-state index in [1.807, 2.05) is 42.3 Å². The van der Waals surface area contributed by atoms with Gasteiger partial charge < -0.3 is 4.90 Å². The van der Waals surface area contributed by atoms with Crippen molar-refractivity contribution in [3.05, 3.63) is 53.1 Å². The molecule has 22 heavy (non-hydrogen) atoms. The highest BCUT2D eigenvalue weighted by Gasteiger charge is 2.28. The summed E-state index contributed by atoms with van der Waals surface area (Å²) in [6, 6.07) is 5.95. The number of anilines is 1. The molecule has 0 aromatic carbocycles. The summed E-state index contributed by atoms with van der Waals surface area (Å²) in [5, 5.41) is 5.04. The quantitative estimate of drug-likeness (QED) is 0.696. The molecule has 1 aliphatic rings. The van der Waals surface area contributed by atoms with Gasteiger partial charge in [-0.05, 0) is 24.8 Å². The van der Waals surface area contributed by atoms with Gasteiger partial charge >= 0.3 is 0 Å². The van der Waals surface area contributed by atoms with Crippen molar-refractivity contribution in [1.82, 2.24) is 14.6 Å². The van der Waals surface area contributed by atoms with Gasteiger partial charge in [0.25, 0.3) is 0 Å². The lowest BCUT2D eigenvalue weighted by Crippen LogP contribution is -2.21. The van der Waals surface area contributed by atoms with Crippen LogP contribution >= 0.6 is 11.6 Å². The van der Waals surface area contributed by atoms with Crippen molar-refractivity contribution in [3.63, 3.8) is 0 Å². The van der Waals surface area contributed by atoms with Crippen LogP contribution in [0.2, 0.25) is 5.15 Å². The standard InChI is InChI=1S/C16H16ClN5/c1-21(10-11-3-2-6-18-8-11)15-7-14(17)20-16-13(12-4-5-12)9-19-22(15)16/h2-3,6-9,12H,4-5,10H2,1H3/p+1. The molecule has 4 rings (SSSR count). The van der Waals surface area contributed by atoms with E-state index in [1.54, 1.807) is 0 Å². The van der Waals surface area contributed by atoms with Gasteiger partial charge in [-0.1, -0.05) is 11.6 Å². The maximum Gasteiger partial charge on any atom is 0.171 e. The van der Waals surface area contributed by atoms with Crippen LogP contribution < -0.4 is 9.88 Å². The number of aromatic nitrogens is 4. The fourth-order valence-corrected chi connectivity index (χ4v) is 2.95. The summed E-state index contributed by atoms with van der Waals surface area (Å²) >= 11 is 6.24. The Bertz CT molecular complexity index is 810. The first-order valence-electron chi connectivity index (χ1n) is 7.42. The van der Waals surface area contributed by atoms with Crippen LogP contribution in [-0.4, -0.2) is 21.6 Å². The molecular weight excluding hydrogens is 298 g/mol. The van der Waals surface area contributed by atoms with Crippen LogP contribution in [0, 0.1) is 0 Å². The smallest absolute Gasteiger partial charge is 0.171 e. The predicted octanol–water partition coefficient (Wildman–Crippen LogP) is 2.71. The van der Waals surface area contributed by atoms with Gasteiger partial charge in [0.05, 0.1) is 6.20 Å². The van der Waals surface area contributed by atoms with E-state index in [2.05, 4.69) is 26.0 Å². The van der Waals surface area contributed by atoms with E-state index in [-0.39, 0.29) is 0 Å². The summed E-state index contributed by atoms with van der Waals surface area (Å²) in [5.74, 6) is 1.55. The molecule has 0 aliphatic heterocycles. The Morgan fingerprint density at radius 2 is 2.32 bits per heavy atom. The second kappa shape index (κ2) is 5.25. The van der Waals surface area contributed by atoms with Gasteiger partial charge in [0.1, 0.15) is 11.0 Å². The maximum atomic E-state index is 6.24. The molecular formula is C16H17ClN5+. The molecule has 3 heterocycles. The third-order valence-corrected chi connectivity index (χ3v) is 4.24. The van der Waals surface area contributed by atoms with E-state index in [0.29, 0.717) is 11.1 Å². The van der Waals surface area contributed by atoms with Crippen molar-refractivity contribution < 1.29 is 4.98 Å². The molecule has 0 amide bonds. The number of hydrogen-bond acceptors (Lipinski definition) is 3. The third-order valence-electron chi connectivity index (χ3n) is 4.05. The van der Waals surface area contributed by atoms with Gasteiger partial charge in [-0.25, -0.2) is 9.97 Å². The first-order valence-corrected chi connectivity index (χ1v) is 7.80. The fraction of sp³-hybridized carbons (Fsp3) is 0.312. The van der Waals surface area contributed by atoms with Gasteiger partial charge in [0.15, 0.2) is 18.0 Å². The molecule has 1 fully saturated rings. The van der Waals surface area contributed by atoms with Gasteiger partial charge in [-0.3, -0.25) is 0 Å². The number of H-pyrrole nitrogens is 1. The number of nitrogens with zero attached hydrogens (tertiary/aromatic N) is 4. The zero-order valence-corrected chi connectivity index (χ0v) is 13.1. The van der Waals surface area contributed by atoms with Crippen LogP contribution in [0.4, 0.5) is 5.82 Å². The lowest BCUT2D eigenvalue weighted by Gasteiger charge is -2.19. The normalized spacial score (nSPS) is 14.5. The van der Waals surface area contributed by atoms with Gasteiger partial charge in [-0.15, -0.1) is 0 Å². The van der Waals surface area contributed by atoms with Gasteiger partial charge in [0.2, 0.25) is 0 Å². The number of halogens is 1. The highest BCUT2D eigenvalue weighted by Crippen LogP contribution is 2.42. The minimum atomic E-state index is 0.511. The van der Waals surface area contributed by atoms with Crippen LogP contribution in [0.3, 0.4) is 0 Å². The van der Waals surface area contributed by atoms with Crippen molar-refractivity contribution in [2.24, 2.45) is 0 Å². The molecule has 0 atom stereocenters. The van der Waals surface area contributed by atoms with Gasteiger partial charge in [-0.2, -0.15) is 9.61 Å². The number of hydrogen-bond donors (Lipinski definition) is 0. The summed E-state index contributed by atoms with van der Waals surface area (Å²) in [5.41, 5.74) is 3.29. The van der Waals surface area contributed by atoms with Crippen LogP contribution in [-0.2, 0) is 6.54 Å². The molecule has 0 radical (unpaired) electrons. The Morgan fingerprint density at radius 1 is 1.45 bits per heavy atom. The SMILES string of the molecule is CN(Cc1ccc[nH+]c1)c1cc(Cl)nc2c(C3CC3)cnn12. The summed E-state index contributed by atoms with van der Waals surface area (Å²) in [7, 11) is 2.04. The van der Waals surface area contributed by atoms with Crippen molar-refractivity contribution >= 4 is 23.1 Å². The van der Waals surface area contributed by atoms with Crippen LogP contribution in [0.15, 0.2) is 36.8 Å². The first kappa shape index (κ1) is 13.5. The van der Waals surface area contributed by atoms with E-state index in [1.165, 1.54) is 24.0 Å². The highest BCUT2D eigenvalue weighted by atomic mass is 35.5. The summed E-state index contributed by atoms with van der Waals surface area (Å²) in [4.78, 5) is 9.72. The van der Waals surface area contributed by atoms with Crippen molar-refractivity contribution in [2.75, 3.05) is 11.9 Å². The fourth-order valence-electron chi connectivity index (χ4n) is 2.77. The number of aromatic amines is 1. The number of fused-ring (bicyclic) bond motifs is 1. The topological polar surface area (TPSA) is 47.6 Å². The lowest BCUT2D eigenvalue weighted by atomic mass is 10.2. The number of nitrogens with one attached hydrogen (secondary N) is 1. The molecule has 3 aromatic rings. The van der Waals surface area contributed by atoms with Gasteiger partial charge in [0, 0.05) is 36.9 Å². The second-order valence-electron chi connectivity index (χ2n) is 5.81. The van der Waals surface area contributed by atoms with Crippen molar-refractivity contribution in [1.29, 1.82) is 0 Å². The van der Waals surface area contributed by atoms with Crippen LogP contribution in [0.1, 0.15) is 29.9 Å². The second-order valence-corrected chi connectivity index (χ2v) is 6.20. The lowest BCUT2D eigenvalue weighted by molar-refractivity contribution is -0.378. The van der Waals surface area contributed by atoms with E-state index in [4.69, 9.17) is 11.6 Å². The molecule has 5 nitrogen and oxygen atoms in total. The molecule has 6 heteroatoms. The van der Waals surface area contributed by atoms with Crippen molar-refractivity contribution in [2.45, 2.75) is 25.3 Å². The molecule has 0 unspecified atom stereocenters. The molecule has 0 saturated heterocycles. The number of rotatable bonds is 4. The van der Waals surface area contributed by atoms with Crippen molar-refractivity contribution in [3.8, 4) is 0 Å². The summed E-state index contributed by atoms with van der Waals surface area (Å²) in [6.45, 7) is 0.769. The zero-order valence-electron chi connectivity index (χ0n) is 12.3. The van der Waals surface area contributed by atoms with Crippen LogP contribution in [0.25, 0.3) is 5.65 Å². The molecule has 1 N–H and O–H groups in total. The predicted molar refractivity (Wildman–Crippen MR) is 85.1 cm³/mol. The summed E-state index contributed by atoms with van der Waals surface area (Å²) < 4.78 is 1.90. The Labute approximate surface area is 133 Å². The molecule has 112 valence electrons. The Kier molecular flexibility index (Phi) is 3.22. The Morgan fingerprint density at radius 3 is 3.05 bits per heavy atom. The Balaban J connectivity index is 1.74. The summed E-state index contributed by atoms with van der Waals surface area (Å²) in [6.07, 6.45) is 8.28. The molecule has 0 spiro atoms. The molecule has 3 aromatic heterocycles. The number of pyridine rings is 1. The van der Waals surface area contributed by atoms with E-state index in [0.717, 1.165) is 18.0 Å². The molecule has 1 aliphatic carbocycles. The Hall–Kier alpha value is -2.14. The average molecular weight is 315 g/mol. The minimum absolute atomic E-state index is 0.511. The molecule has 0 bridgehead atoms. The monoisotopic (exact) mass is 314 g/mol. The van der Waals surface area contributed by atoms with E-state index >= 15 is 0 Å². The van der Waals surface area contributed by atoms with Crippen LogP contribution in [0.5, 0.6) is 0 Å². The average Bonchev–Trinajstić information content (AvgIpc) is 3.27.